The zero-order valence-corrected chi connectivity index (χ0v) is 15.8. The van der Waals surface area contributed by atoms with Crippen molar-refractivity contribution in [2.75, 3.05) is 18.1 Å². The zero-order valence-electron chi connectivity index (χ0n) is 14.2. The molecular weight excluding hydrogens is 364 g/mol. The molecule has 8 heteroatoms. The van der Waals surface area contributed by atoms with Gasteiger partial charge >= 0.3 is 0 Å². The highest BCUT2D eigenvalue weighted by molar-refractivity contribution is 7.91. The van der Waals surface area contributed by atoms with Gasteiger partial charge in [0.15, 0.2) is 16.4 Å². The molecule has 0 radical (unpaired) electrons. The second-order valence-electron chi connectivity index (χ2n) is 6.16. The van der Waals surface area contributed by atoms with Crippen LogP contribution in [-0.2, 0) is 14.6 Å². The van der Waals surface area contributed by atoms with Crippen LogP contribution in [0.1, 0.15) is 32.3 Å². The first-order chi connectivity index (χ1) is 11.8. The lowest BCUT2D eigenvalue weighted by Gasteiger charge is -2.33. The number of ether oxygens (including phenoxy) is 1. The Morgan fingerprint density at radius 3 is 2.76 bits per heavy atom. The van der Waals surface area contributed by atoms with E-state index in [0.717, 1.165) is 6.42 Å². The molecule has 1 fully saturated rings. The van der Waals surface area contributed by atoms with Crippen molar-refractivity contribution in [1.82, 2.24) is 4.90 Å². The van der Waals surface area contributed by atoms with Gasteiger partial charge in [-0.3, -0.25) is 4.79 Å². The number of halogens is 1. The van der Waals surface area contributed by atoms with E-state index in [1.807, 2.05) is 19.9 Å². The average Bonchev–Trinajstić information content (AvgIpc) is 2.93. The molecule has 1 aromatic rings. The number of carbonyl (C=O) groups is 1. The molecule has 0 bridgehead atoms. The molecule has 1 aliphatic heterocycles. The lowest BCUT2D eigenvalue weighted by Crippen LogP contribution is -2.48. The molecule has 6 nitrogen and oxygen atoms in total. The number of carbonyl (C=O) groups excluding carboxylic acids is 1. The van der Waals surface area contributed by atoms with E-state index in [9.17, 15) is 13.2 Å². The third-order valence-electron chi connectivity index (χ3n) is 4.37. The van der Waals surface area contributed by atoms with Crippen molar-refractivity contribution in [3.8, 4) is 11.8 Å². The zero-order chi connectivity index (χ0) is 18.6. The Hall–Kier alpha value is -1.78. The Bertz CT molecular complexity index is 788. The smallest absolute Gasteiger partial charge is 0.261 e. The first-order valence-corrected chi connectivity index (χ1v) is 10.3. The lowest BCUT2D eigenvalue weighted by molar-refractivity contribution is -0.137. The van der Waals surface area contributed by atoms with E-state index in [1.54, 1.807) is 17.0 Å². The van der Waals surface area contributed by atoms with Crippen LogP contribution in [0.25, 0.3) is 0 Å². The first kappa shape index (κ1) is 19.5. The Labute approximate surface area is 153 Å². The summed E-state index contributed by atoms with van der Waals surface area (Å²) >= 11 is 6.05. The minimum atomic E-state index is -3.08. The van der Waals surface area contributed by atoms with Gasteiger partial charge in [-0.05, 0) is 38.0 Å². The summed E-state index contributed by atoms with van der Waals surface area (Å²) in [5.41, 5.74) is 0.404. The van der Waals surface area contributed by atoms with Crippen molar-refractivity contribution < 1.29 is 17.9 Å². The summed E-state index contributed by atoms with van der Waals surface area (Å²) in [7, 11) is -3.08. The predicted octanol–water partition coefficient (Wildman–Crippen LogP) is 2.40. The molecule has 0 aromatic heterocycles. The molecule has 1 aliphatic rings. The van der Waals surface area contributed by atoms with Crippen LogP contribution in [0.15, 0.2) is 18.2 Å². The van der Waals surface area contributed by atoms with E-state index in [0.29, 0.717) is 17.7 Å². The third kappa shape index (κ3) is 4.86. The van der Waals surface area contributed by atoms with Crippen LogP contribution < -0.4 is 4.74 Å². The predicted molar refractivity (Wildman–Crippen MR) is 95.3 cm³/mol. The summed E-state index contributed by atoms with van der Waals surface area (Å²) in [5, 5.41) is 9.09. The van der Waals surface area contributed by atoms with Crippen molar-refractivity contribution >= 4 is 27.3 Å². The monoisotopic (exact) mass is 384 g/mol. The second kappa shape index (κ2) is 8.07. The molecule has 2 rings (SSSR count). The molecule has 2 atom stereocenters. The average molecular weight is 385 g/mol. The van der Waals surface area contributed by atoms with Crippen molar-refractivity contribution in [2.24, 2.45) is 0 Å². The Morgan fingerprint density at radius 1 is 1.52 bits per heavy atom. The molecular formula is C17H21ClN2O4S. The maximum absolute atomic E-state index is 12.7. The standard InChI is InChI=1S/C17H21ClN2O4S/c1-3-12(2)20(14-6-7-25(22,23)11-14)17(21)10-24-16-5-4-13(9-19)8-15(16)18/h4-5,8,12,14H,3,6-7,10-11H2,1-2H3/t12-,14+/m0/s1. The molecule has 0 unspecified atom stereocenters. The van der Waals surface area contributed by atoms with Gasteiger partial charge in [-0.25, -0.2) is 8.42 Å². The lowest BCUT2D eigenvalue weighted by atomic mass is 10.1. The SMILES string of the molecule is CC[C@H](C)N(C(=O)COc1ccc(C#N)cc1Cl)[C@@H]1CCS(=O)(=O)C1. The van der Waals surface area contributed by atoms with Gasteiger partial charge < -0.3 is 9.64 Å². The topological polar surface area (TPSA) is 87.5 Å². The molecule has 0 N–H and O–H groups in total. The van der Waals surface area contributed by atoms with Crippen molar-refractivity contribution in [1.29, 1.82) is 5.26 Å². The maximum Gasteiger partial charge on any atom is 0.261 e. The minimum absolute atomic E-state index is 0.000697. The fourth-order valence-electron chi connectivity index (χ4n) is 2.90. The van der Waals surface area contributed by atoms with Crippen molar-refractivity contribution in [2.45, 2.75) is 38.8 Å². The maximum atomic E-state index is 12.7. The summed E-state index contributed by atoms with van der Waals surface area (Å²) in [6.07, 6.45) is 1.18. The molecule has 1 saturated heterocycles. The molecule has 136 valence electrons. The van der Waals surface area contributed by atoms with Gasteiger partial charge in [0.25, 0.3) is 5.91 Å². The fraction of sp³-hybridized carbons (Fsp3) is 0.529. The van der Waals surface area contributed by atoms with Crippen LogP contribution in [0.2, 0.25) is 5.02 Å². The van der Waals surface area contributed by atoms with Gasteiger partial charge in [0.1, 0.15) is 5.75 Å². The van der Waals surface area contributed by atoms with Gasteiger partial charge in [0.05, 0.1) is 28.2 Å². The highest BCUT2D eigenvalue weighted by Gasteiger charge is 2.36. The highest BCUT2D eigenvalue weighted by Crippen LogP contribution is 2.26. The number of rotatable bonds is 6. The Kier molecular flexibility index (Phi) is 6.31. The molecule has 0 spiro atoms. The van der Waals surface area contributed by atoms with E-state index in [1.165, 1.54) is 6.07 Å². The summed E-state index contributed by atoms with van der Waals surface area (Å²) in [5.74, 6) is 0.162. The highest BCUT2D eigenvalue weighted by atomic mass is 35.5. The van der Waals surface area contributed by atoms with Gasteiger partial charge in [0, 0.05) is 12.1 Å². The van der Waals surface area contributed by atoms with Gasteiger partial charge in [-0.15, -0.1) is 0 Å². The fourth-order valence-corrected chi connectivity index (χ4v) is 4.85. The minimum Gasteiger partial charge on any atom is -0.482 e. The van der Waals surface area contributed by atoms with Gasteiger partial charge in [-0.2, -0.15) is 5.26 Å². The van der Waals surface area contributed by atoms with E-state index in [-0.39, 0.29) is 41.1 Å². The Morgan fingerprint density at radius 2 is 2.24 bits per heavy atom. The number of nitrogens with zero attached hydrogens (tertiary/aromatic N) is 2. The summed E-state index contributed by atoms with van der Waals surface area (Å²) in [6.45, 7) is 3.62. The number of benzene rings is 1. The van der Waals surface area contributed by atoms with E-state index in [2.05, 4.69) is 0 Å². The van der Waals surface area contributed by atoms with Crippen molar-refractivity contribution in [3.63, 3.8) is 0 Å². The summed E-state index contributed by atoms with van der Waals surface area (Å²) in [6, 6.07) is 6.15. The quantitative estimate of drug-likeness (QED) is 0.751. The van der Waals surface area contributed by atoms with E-state index in [4.69, 9.17) is 21.6 Å². The molecule has 1 heterocycles. The van der Waals surface area contributed by atoms with Crippen LogP contribution in [0, 0.1) is 11.3 Å². The number of hydrogen-bond acceptors (Lipinski definition) is 5. The normalized spacial score (nSPS) is 19.8. The van der Waals surface area contributed by atoms with Crippen LogP contribution in [-0.4, -0.2) is 49.4 Å². The largest absolute Gasteiger partial charge is 0.482 e. The number of nitriles is 1. The van der Waals surface area contributed by atoms with Crippen LogP contribution >= 0.6 is 11.6 Å². The van der Waals surface area contributed by atoms with E-state index < -0.39 is 9.84 Å². The van der Waals surface area contributed by atoms with Crippen LogP contribution in [0.3, 0.4) is 0 Å². The van der Waals surface area contributed by atoms with Crippen LogP contribution in [0.4, 0.5) is 0 Å². The summed E-state index contributed by atoms with van der Waals surface area (Å²) in [4.78, 5) is 14.3. The molecule has 0 saturated carbocycles. The third-order valence-corrected chi connectivity index (χ3v) is 6.41. The number of hydrogen-bond donors (Lipinski definition) is 0. The van der Waals surface area contributed by atoms with Crippen molar-refractivity contribution in [3.05, 3.63) is 28.8 Å². The second-order valence-corrected chi connectivity index (χ2v) is 8.80. The van der Waals surface area contributed by atoms with Gasteiger partial charge in [0.2, 0.25) is 0 Å². The van der Waals surface area contributed by atoms with Gasteiger partial charge in [-0.1, -0.05) is 18.5 Å². The molecule has 1 amide bonds. The molecule has 0 aliphatic carbocycles. The Balaban J connectivity index is 2.09. The van der Waals surface area contributed by atoms with E-state index >= 15 is 0 Å². The molecule has 1 aromatic carbocycles. The number of amides is 1. The molecule has 25 heavy (non-hydrogen) atoms. The number of sulfone groups is 1. The van der Waals surface area contributed by atoms with Crippen LogP contribution in [0.5, 0.6) is 5.75 Å². The first-order valence-electron chi connectivity index (χ1n) is 8.11. The summed E-state index contributed by atoms with van der Waals surface area (Å²) < 4.78 is 29.0.